The first-order valence-electron chi connectivity index (χ1n) is 3.37. The number of carbonyl (C=O) groups is 1. The molecule has 0 bridgehead atoms. The lowest BCUT2D eigenvalue weighted by Crippen LogP contribution is -2.35. The topological polar surface area (TPSA) is 89.8 Å². The van der Waals surface area contributed by atoms with Gasteiger partial charge in [0.05, 0.1) is 6.61 Å². The number of aliphatic hydroxyl groups is 2. The van der Waals surface area contributed by atoms with Crippen molar-refractivity contribution in [1.29, 1.82) is 0 Å². The maximum atomic E-state index is 10.4. The lowest BCUT2D eigenvalue weighted by molar-refractivity contribution is -0.139. The number of carboxylic acid groups (broad SMARTS) is 1. The second-order valence-electron chi connectivity index (χ2n) is 2.86. The first kappa shape index (κ1) is 8.45. The van der Waals surface area contributed by atoms with E-state index in [1.807, 2.05) is 0 Å². The molecule has 0 saturated carbocycles. The third kappa shape index (κ3) is 1.68. The van der Waals surface area contributed by atoms with Gasteiger partial charge < -0.3 is 20.6 Å². The summed E-state index contributed by atoms with van der Waals surface area (Å²) in [7, 11) is 0. The standard InChI is InChI=1S/C6H11NO4/c8-3-6(11)1-4(5(9)10)7-2-6/h4,7-8,11H,1-3H2,(H,9,10)/t4-,6+/m0/s1. The molecule has 0 aliphatic carbocycles. The molecule has 1 fully saturated rings. The van der Waals surface area contributed by atoms with Crippen LogP contribution >= 0.6 is 0 Å². The highest BCUT2D eigenvalue weighted by Gasteiger charge is 2.39. The van der Waals surface area contributed by atoms with Gasteiger partial charge in [-0.05, 0) is 0 Å². The summed E-state index contributed by atoms with van der Waals surface area (Å²) in [4.78, 5) is 10.4. The molecule has 0 aromatic carbocycles. The third-order valence-electron chi connectivity index (χ3n) is 1.85. The number of nitrogens with one attached hydrogen (secondary N) is 1. The predicted octanol–water partition coefficient (Wildman–Crippen LogP) is -1.84. The van der Waals surface area contributed by atoms with Crippen LogP contribution in [0, 0.1) is 0 Å². The minimum absolute atomic E-state index is 0.0683. The summed E-state index contributed by atoms with van der Waals surface area (Å²) in [6.07, 6.45) is 0.0683. The minimum atomic E-state index is -1.25. The van der Waals surface area contributed by atoms with Crippen LogP contribution in [0.2, 0.25) is 0 Å². The van der Waals surface area contributed by atoms with Crippen LogP contribution in [0.25, 0.3) is 0 Å². The average Bonchev–Trinajstić information content (AvgIpc) is 2.33. The molecule has 4 N–H and O–H groups in total. The molecule has 5 nitrogen and oxygen atoms in total. The Balaban J connectivity index is 2.53. The van der Waals surface area contributed by atoms with E-state index < -0.39 is 24.2 Å². The van der Waals surface area contributed by atoms with Crippen LogP contribution in [0.3, 0.4) is 0 Å². The van der Waals surface area contributed by atoms with Gasteiger partial charge >= 0.3 is 5.97 Å². The molecule has 1 aliphatic rings. The smallest absolute Gasteiger partial charge is 0.320 e. The second kappa shape index (κ2) is 2.77. The van der Waals surface area contributed by atoms with Gasteiger partial charge in [0.1, 0.15) is 11.6 Å². The summed E-state index contributed by atoms with van der Waals surface area (Å²) in [5.74, 6) is -0.991. The van der Waals surface area contributed by atoms with Crippen molar-refractivity contribution in [3.8, 4) is 0 Å². The van der Waals surface area contributed by atoms with Crippen LogP contribution in [0.15, 0.2) is 0 Å². The summed E-state index contributed by atoms with van der Waals surface area (Å²) < 4.78 is 0. The maximum absolute atomic E-state index is 10.4. The highest BCUT2D eigenvalue weighted by atomic mass is 16.4. The van der Waals surface area contributed by atoms with Gasteiger partial charge in [-0.3, -0.25) is 4.79 Å². The Morgan fingerprint density at radius 2 is 2.36 bits per heavy atom. The summed E-state index contributed by atoms with van der Waals surface area (Å²) in [5, 5.41) is 29.1. The fraction of sp³-hybridized carbons (Fsp3) is 0.833. The summed E-state index contributed by atoms with van der Waals surface area (Å²) in [6.45, 7) is -0.260. The van der Waals surface area contributed by atoms with E-state index in [1.54, 1.807) is 0 Å². The van der Waals surface area contributed by atoms with Gasteiger partial charge in [0.2, 0.25) is 0 Å². The van der Waals surface area contributed by atoms with Crippen LogP contribution in [0.5, 0.6) is 0 Å². The third-order valence-corrected chi connectivity index (χ3v) is 1.85. The lowest BCUT2D eigenvalue weighted by atomic mass is 10.0. The van der Waals surface area contributed by atoms with Gasteiger partial charge in [-0.2, -0.15) is 0 Å². The van der Waals surface area contributed by atoms with Crippen molar-refractivity contribution in [2.24, 2.45) is 0 Å². The van der Waals surface area contributed by atoms with Crippen LogP contribution in [-0.2, 0) is 4.79 Å². The van der Waals surface area contributed by atoms with E-state index in [4.69, 9.17) is 10.2 Å². The van der Waals surface area contributed by atoms with E-state index in [0.717, 1.165) is 0 Å². The molecule has 1 saturated heterocycles. The van der Waals surface area contributed by atoms with Gasteiger partial charge in [0, 0.05) is 13.0 Å². The van der Waals surface area contributed by atoms with E-state index >= 15 is 0 Å². The van der Waals surface area contributed by atoms with Gasteiger partial charge in [-0.15, -0.1) is 0 Å². The molecule has 11 heavy (non-hydrogen) atoms. The summed E-state index contributed by atoms with van der Waals surface area (Å²) >= 11 is 0. The van der Waals surface area contributed by atoms with E-state index in [0.29, 0.717) is 0 Å². The van der Waals surface area contributed by atoms with Crippen molar-refractivity contribution in [3.63, 3.8) is 0 Å². The summed E-state index contributed by atoms with van der Waals surface area (Å²) in [6, 6.07) is -0.729. The number of hydrogen-bond acceptors (Lipinski definition) is 4. The molecule has 0 spiro atoms. The molecule has 0 aromatic rings. The molecule has 0 unspecified atom stereocenters. The number of aliphatic carboxylic acids is 1. The fourth-order valence-electron chi connectivity index (χ4n) is 1.13. The van der Waals surface area contributed by atoms with Crippen LogP contribution in [0.4, 0.5) is 0 Å². The molecule has 0 aromatic heterocycles. The van der Waals surface area contributed by atoms with Crippen LogP contribution in [0.1, 0.15) is 6.42 Å². The van der Waals surface area contributed by atoms with Crippen molar-refractivity contribution in [1.82, 2.24) is 5.32 Å². The fourth-order valence-corrected chi connectivity index (χ4v) is 1.13. The lowest BCUT2D eigenvalue weighted by Gasteiger charge is -2.16. The molecule has 1 aliphatic heterocycles. The zero-order chi connectivity index (χ0) is 8.48. The van der Waals surface area contributed by atoms with Crippen LogP contribution in [-0.4, -0.2) is 46.1 Å². The molecule has 1 heterocycles. The molecule has 5 heteroatoms. The number of aliphatic hydroxyl groups excluding tert-OH is 1. The Kier molecular flexibility index (Phi) is 2.12. The highest BCUT2D eigenvalue weighted by Crippen LogP contribution is 2.18. The predicted molar refractivity (Wildman–Crippen MR) is 36.1 cm³/mol. The molecule has 2 atom stereocenters. The first-order valence-corrected chi connectivity index (χ1v) is 3.37. The second-order valence-corrected chi connectivity index (χ2v) is 2.86. The van der Waals surface area contributed by atoms with Gasteiger partial charge in [-0.25, -0.2) is 0 Å². The average molecular weight is 161 g/mol. The van der Waals surface area contributed by atoms with Crippen molar-refractivity contribution in [2.45, 2.75) is 18.1 Å². The Labute approximate surface area is 63.7 Å². The Bertz CT molecular complexity index is 172. The normalized spacial score (nSPS) is 37.5. The minimum Gasteiger partial charge on any atom is -0.480 e. The summed E-state index contributed by atoms with van der Waals surface area (Å²) in [5.41, 5.74) is -1.25. The number of hydrogen-bond donors (Lipinski definition) is 4. The molecule has 64 valence electrons. The number of carboxylic acids is 1. The quantitative estimate of drug-likeness (QED) is 0.382. The van der Waals surface area contributed by atoms with Gasteiger partial charge in [0.25, 0.3) is 0 Å². The highest BCUT2D eigenvalue weighted by molar-refractivity contribution is 5.74. The first-order chi connectivity index (χ1) is 5.07. The molecule has 0 radical (unpaired) electrons. The molecule has 1 rings (SSSR count). The van der Waals surface area contributed by atoms with E-state index in [2.05, 4.69) is 5.32 Å². The molecular weight excluding hydrogens is 150 g/mol. The largest absolute Gasteiger partial charge is 0.480 e. The van der Waals surface area contributed by atoms with Gasteiger partial charge in [0.15, 0.2) is 0 Å². The molecular formula is C6H11NO4. The van der Waals surface area contributed by atoms with E-state index in [9.17, 15) is 9.90 Å². The maximum Gasteiger partial charge on any atom is 0.320 e. The van der Waals surface area contributed by atoms with Crippen molar-refractivity contribution in [2.75, 3.05) is 13.2 Å². The van der Waals surface area contributed by atoms with Gasteiger partial charge in [-0.1, -0.05) is 0 Å². The Morgan fingerprint density at radius 3 is 2.64 bits per heavy atom. The Morgan fingerprint density at radius 1 is 1.73 bits per heavy atom. The van der Waals surface area contributed by atoms with Crippen LogP contribution < -0.4 is 5.32 Å². The van der Waals surface area contributed by atoms with Crippen molar-refractivity contribution in [3.05, 3.63) is 0 Å². The Hall–Kier alpha value is -0.650. The van der Waals surface area contributed by atoms with Crippen molar-refractivity contribution < 1.29 is 20.1 Å². The van der Waals surface area contributed by atoms with Crippen molar-refractivity contribution >= 4 is 5.97 Å². The zero-order valence-corrected chi connectivity index (χ0v) is 5.95. The zero-order valence-electron chi connectivity index (χ0n) is 5.95. The monoisotopic (exact) mass is 161 g/mol. The number of β-amino-alcohol motifs (C(OH)–C–C–N with tert-alkyl or cyclic N) is 1. The van der Waals surface area contributed by atoms with E-state index in [1.165, 1.54) is 0 Å². The van der Waals surface area contributed by atoms with E-state index in [-0.39, 0.29) is 13.0 Å². The SMILES string of the molecule is O=C(O)[C@@H]1C[C@](O)(CO)CN1. The number of rotatable bonds is 2. The molecule has 0 amide bonds.